The second kappa shape index (κ2) is 9.20. The molecule has 7 heteroatoms. The minimum atomic E-state index is -0.288. The number of halogens is 2. The molecule has 0 bridgehead atoms. The topological polar surface area (TPSA) is 46.1 Å². The minimum absolute atomic E-state index is 0.114. The van der Waals surface area contributed by atoms with E-state index in [0.717, 1.165) is 39.0 Å². The average Bonchev–Trinajstić information content (AvgIpc) is 3.29. The van der Waals surface area contributed by atoms with Crippen LogP contribution in [0.25, 0.3) is 17.0 Å². The van der Waals surface area contributed by atoms with Crippen LogP contribution in [0.15, 0.2) is 71.6 Å². The van der Waals surface area contributed by atoms with E-state index in [2.05, 4.69) is 34.3 Å². The Balaban J connectivity index is 1.46. The van der Waals surface area contributed by atoms with E-state index < -0.39 is 0 Å². The first-order valence-corrected chi connectivity index (χ1v) is 12.2. The Hall–Kier alpha value is -3.22. The number of fused-ring (bicyclic) bond motifs is 1. The Kier molecular flexibility index (Phi) is 6.11. The molecule has 1 saturated heterocycles. The molecule has 5 rings (SSSR count). The molecule has 1 aliphatic rings. The Labute approximate surface area is 206 Å². The maximum absolute atomic E-state index is 13.4. The second-order valence-electron chi connectivity index (χ2n) is 8.31. The molecule has 172 valence electrons. The third-order valence-corrected chi connectivity index (χ3v) is 7.29. The van der Waals surface area contributed by atoms with Crippen LogP contribution in [0.2, 0.25) is 5.02 Å². The van der Waals surface area contributed by atoms with Gasteiger partial charge in [0.15, 0.2) is 5.50 Å². The van der Waals surface area contributed by atoms with Crippen LogP contribution in [-0.2, 0) is 11.3 Å². The number of carbonyl (C=O) groups excluding carboxylic acids is 1. The first kappa shape index (κ1) is 22.6. The van der Waals surface area contributed by atoms with E-state index in [4.69, 9.17) is 11.6 Å². The number of nitrogens with zero attached hydrogens (tertiary/aromatic N) is 1. The largest absolute Gasteiger partial charge is 0.356 e. The van der Waals surface area contributed by atoms with Crippen LogP contribution < -0.4 is 10.6 Å². The lowest BCUT2D eigenvalue weighted by Gasteiger charge is -2.15. The fourth-order valence-electron chi connectivity index (χ4n) is 4.20. The summed E-state index contributed by atoms with van der Waals surface area (Å²) < 4.78 is 15.6. The van der Waals surface area contributed by atoms with Gasteiger partial charge in [0.1, 0.15) is 5.82 Å². The molecule has 1 amide bonds. The van der Waals surface area contributed by atoms with Gasteiger partial charge in [0, 0.05) is 39.4 Å². The maximum atomic E-state index is 13.4. The van der Waals surface area contributed by atoms with Crippen LogP contribution in [0, 0.1) is 19.7 Å². The van der Waals surface area contributed by atoms with Gasteiger partial charge in [0.25, 0.3) is 5.91 Å². The third kappa shape index (κ3) is 4.43. The van der Waals surface area contributed by atoms with Crippen LogP contribution in [0.1, 0.15) is 22.4 Å². The molecule has 1 unspecified atom stereocenters. The lowest BCUT2D eigenvalue weighted by Crippen LogP contribution is -2.31. The molecule has 0 radical (unpaired) electrons. The minimum Gasteiger partial charge on any atom is -0.356 e. The van der Waals surface area contributed by atoms with E-state index >= 15 is 0 Å². The molecule has 0 aliphatic carbocycles. The van der Waals surface area contributed by atoms with Crippen molar-refractivity contribution in [2.45, 2.75) is 25.9 Å². The third-order valence-electron chi connectivity index (χ3n) is 6.03. The van der Waals surface area contributed by atoms with E-state index in [1.54, 1.807) is 12.1 Å². The lowest BCUT2D eigenvalue weighted by atomic mass is 10.1. The average molecular weight is 492 g/mol. The number of nitrogens with one attached hydrogen (secondary N) is 2. The molecule has 34 heavy (non-hydrogen) atoms. The van der Waals surface area contributed by atoms with Crippen LogP contribution >= 0.6 is 23.4 Å². The van der Waals surface area contributed by atoms with Crippen LogP contribution in [-0.4, -0.2) is 16.0 Å². The molecule has 0 spiro atoms. The van der Waals surface area contributed by atoms with Crippen LogP contribution in [0.5, 0.6) is 0 Å². The van der Waals surface area contributed by atoms with Gasteiger partial charge in [-0.2, -0.15) is 0 Å². The maximum Gasteiger partial charge on any atom is 0.260 e. The quantitative estimate of drug-likeness (QED) is 0.305. The van der Waals surface area contributed by atoms with E-state index in [9.17, 15) is 9.18 Å². The van der Waals surface area contributed by atoms with Gasteiger partial charge in [-0.1, -0.05) is 59.8 Å². The summed E-state index contributed by atoms with van der Waals surface area (Å²) in [5.41, 5.74) is 5.80. The van der Waals surface area contributed by atoms with E-state index in [1.807, 2.05) is 43.3 Å². The molecule has 3 aromatic carbocycles. The predicted molar refractivity (Wildman–Crippen MR) is 139 cm³/mol. The number of benzene rings is 3. The smallest absolute Gasteiger partial charge is 0.260 e. The summed E-state index contributed by atoms with van der Waals surface area (Å²) in [6.07, 6.45) is 1.96. The van der Waals surface area contributed by atoms with Gasteiger partial charge in [-0.05, 0) is 61.4 Å². The molecule has 1 fully saturated rings. The van der Waals surface area contributed by atoms with E-state index in [1.165, 1.54) is 23.9 Å². The fraction of sp³-hybridized carbons (Fsp3) is 0.148. The van der Waals surface area contributed by atoms with Crippen molar-refractivity contribution in [2.75, 3.05) is 5.32 Å². The monoisotopic (exact) mass is 491 g/mol. The first-order chi connectivity index (χ1) is 16.4. The van der Waals surface area contributed by atoms with Crippen molar-refractivity contribution >= 4 is 51.9 Å². The molecular formula is C27H23ClFN3OS. The van der Waals surface area contributed by atoms with Gasteiger partial charge in [-0.15, -0.1) is 0 Å². The lowest BCUT2D eigenvalue weighted by molar-refractivity contribution is -0.116. The van der Waals surface area contributed by atoms with Gasteiger partial charge in [0.05, 0.1) is 4.91 Å². The summed E-state index contributed by atoms with van der Waals surface area (Å²) in [6.45, 7) is 4.67. The molecule has 4 aromatic rings. The molecule has 2 N–H and O–H groups in total. The number of hydrogen-bond donors (Lipinski definition) is 2. The number of amides is 1. The van der Waals surface area contributed by atoms with Gasteiger partial charge in [-0.3, -0.25) is 4.79 Å². The molecule has 1 atom stereocenters. The van der Waals surface area contributed by atoms with E-state index in [0.29, 0.717) is 16.5 Å². The SMILES string of the molecule is Cc1ccc(Cl)cc1NC1NC(=O)/C(=C/c2c(C)n(Cc3ccc(F)cc3)c3ccccc23)S1. The first-order valence-electron chi connectivity index (χ1n) is 10.9. The van der Waals surface area contributed by atoms with Crippen LogP contribution in [0.3, 0.4) is 0 Å². The number of para-hydroxylation sites is 1. The van der Waals surface area contributed by atoms with Gasteiger partial charge >= 0.3 is 0 Å². The number of aryl methyl sites for hydroxylation is 1. The Morgan fingerprint density at radius 2 is 1.88 bits per heavy atom. The predicted octanol–water partition coefficient (Wildman–Crippen LogP) is 6.70. The molecule has 1 aromatic heterocycles. The molecule has 2 heterocycles. The standard InChI is InChI=1S/C27H23ClFN3OS/c1-16-7-10-19(28)13-23(16)30-27-31-26(33)25(34-27)14-22-17(2)32(24-6-4-3-5-21(22)24)15-18-8-11-20(29)12-9-18/h3-14,27,30H,15H2,1-2H3,(H,31,33)/b25-14-. The van der Waals surface area contributed by atoms with Gasteiger partial charge in [-0.25, -0.2) is 4.39 Å². The molecule has 0 saturated carbocycles. The number of aromatic nitrogens is 1. The molecular weight excluding hydrogens is 469 g/mol. The van der Waals surface area contributed by atoms with Crippen molar-refractivity contribution in [2.24, 2.45) is 0 Å². The summed E-state index contributed by atoms with van der Waals surface area (Å²) >= 11 is 7.59. The Morgan fingerprint density at radius 3 is 2.68 bits per heavy atom. The number of carbonyl (C=O) groups is 1. The zero-order valence-electron chi connectivity index (χ0n) is 18.7. The number of anilines is 1. The van der Waals surface area contributed by atoms with Crippen molar-refractivity contribution < 1.29 is 9.18 Å². The van der Waals surface area contributed by atoms with Crippen LogP contribution in [0.4, 0.5) is 10.1 Å². The van der Waals surface area contributed by atoms with Crippen molar-refractivity contribution in [3.8, 4) is 0 Å². The normalized spacial score (nSPS) is 16.9. The molecule has 1 aliphatic heterocycles. The van der Waals surface area contributed by atoms with Gasteiger partial charge < -0.3 is 15.2 Å². The summed E-state index contributed by atoms with van der Waals surface area (Å²) in [4.78, 5) is 13.4. The summed E-state index contributed by atoms with van der Waals surface area (Å²) in [7, 11) is 0. The van der Waals surface area contributed by atoms with Crippen molar-refractivity contribution in [1.29, 1.82) is 0 Å². The number of rotatable bonds is 5. The highest BCUT2D eigenvalue weighted by atomic mass is 35.5. The van der Waals surface area contributed by atoms with Crippen molar-refractivity contribution in [3.63, 3.8) is 0 Å². The number of thioether (sulfide) groups is 1. The summed E-state index contributed by atoms with van der Waals surface area (Å²) in [6, 6.07) is 20.4. The highest BCUT2D eigenvalue weighted by Crippen LogP contribution is 2.35. The highest BCUT2D eigenvalue weighted by Gasteiger charge is 2.28. The summed E-state index contributed by atoms with van der Waals surface area (Å²) in [5, 5.41) is 8.07. The van der Waals surface area contributed by atoms with E-state index in [-0.39, 0.29) is 17.2 Å². The Bertz CT molecular complexity index is 1430. The highest BCUT2D eigenvalue weighted by molar-refractivity contribution is 8.05. The van der Waals surface area contributed by atoms with Gasteiger partial charge in [0.2, 0.25) is 0 Å². The second-order valence-corrected chi connectivity index (χ2v) is 9.90. The zero-order valence-corrected chi connectivity index (χ0v) is 20.3. The Morgan fingerprint density at radius 1 is 1.12 bits per heavy atom. The van der Waals surface area contributed by atoms with Crippen molar-refractivity contribution in [3.05, 3.63) is 105 Å². The fourth-order valence-corrected chi connectivity index (χ4v) is 5.33. The molecule has 4 nitrogen and oxygen atoms in total. The summed E-state index contributed by atoms with van der Waals surface area (Å²) in [5.74, 6) is -0.361. The van der Waals surface area contributed by atoms with Crippen molar-refractivity contribution in [1.82, 2.24) is 9.88 Å². The number of hydrogen-bond acceptors (Lipinski definition) is 3. The zero-order chi connectivity index (χ0) is 23.8.